The summed E-state index contributed by atoms with van der Waals surface area (Å²) in [6.45, 7) is 4.18. The summed E-state index contributed by atoms with van der Waals surface area (Å²) in [5.74, 6) is -0.166. The van der Waals surface area contributed by atoms with Crippen molar-refractivity contribution in [2.75, 3.05) is 19.8 Å². The first-order valence-electron chi connectivity index (χ1n) is 21.5. The number of allylic oxidation sites excluding steroid dienone is 4. The van der Waals surface area contributed by atoms with Crippen LogP contribution in [-0.4, -0.2) is 47.8 Å². The van der Waals surface area contributed by atoms with Crippen molar-refractivity contribution in [1.29, 1.82) is 0 Å². The van der Waals surface area contributed by atoms with Crippen molar-refractivity contribution in [2.24, 2.45) is 5.73 Å². The van der Waals surface area contributed by atoms with Crippen LogP contribution in [0.5, 0.6) is 0 Å². The van der Waals surface area contributed by atoms with Crippen LogP contribution in [0.3, 0.4) is 0 Å². The lowest BCUT2D eigenvalue weighted by atomic mass is 10.0. The highest BCUT2D eigenvalue weighted by molar-refractivity contribution is 7.47. The lowest BCUT2D eigenvalue weighted by Crippen LogP contribution is -2.46. The van der Waals surface area contributed by atoms with Gasteiger partial charge in [-0.3, -0.25) is 13.8 Å². The highest BCUT2D eigenvalue weighted by atomic mass is 31.2. The van der Waals surface area contributed by atoms with E-state index in [-0.39, 0.29) is 25.7 Å². The molecule has 0 saturated heterocycles. The van der Waals surface area contributed by atoms with Crippen molar-refractivity contribution >= 4 is 13.7 Å². The maximum Gasteiger partial charge on any atom is 0.472 e. The molecule has 0 rings (SSSR count). The quantitative estimate of drug-likeness (QED) is 0.0279. The fraction of sp³-hybridized carbons (Fsp3) is 0.881. The Hall–Kier alpha value is -1.02. The number of hydrogen-bond donors (Lipinski definition) is 4. The summed E-state index contributed by atoms with van der Waals surface area (Å²) in [5.41, 5.74) is 5.37. The average Bonchev–Trinajstić information content (AvgIpc) is 3.12. The fourth-order valence-corrected chi connectivity index (χ4v) is 7.04. The second-order valence-corrected chi connectivity index (χ2v) is 16.0. The Kier molecular flexibility index (Phi) is 37.9. The molecule has 0 saturated carbocycles. The lowest BCUT2D eigenvalue weighted by molar-refractivity contribution is -0.123. The van der Waals surface area contributed by atoms with Crippen LogP contribution in [0.2, 0.25) is 0 Å². The number of amides is 1. The Morgan fingerprint density at radius 3 is 1.59 bits per heavy atom. The fourth-order valence-electron chi connectivity index (χ4n) is 6.28. The second-order valence-electron chi connectivity index (χ2n) is 14.6. The minimum absolute atomic E-state index is 0.0886. The number of aliphatic hydroxyl groups is 1. The third-order valence-electron chi connectivity index (χ3n) is 9.56. The molecule has 0 spiro atoms. The van der Waals surface area contributed by atoms with Gasteiger partial charge >= 0.3 is 7.82 Å². The Morgan fingerprint density at radius 1 is 0.647 bits per heavy atom. The first-order chi connectivity index (χ1) is 24.9. The number of unbranched alkanes of at least 4 members (excludes halogenated alkanes) is 24. The maximum absolute atomic E-state index is 12.8. The van der Waals surface area contributed by atoms with Crippen molar-refractivity contribution in [3.05, 3.63) is 24.3 Å². The highest BCUT2D eigenvalue weighted by Gasteiger charge is 2.27. The largest absolute Gasteiger partial charge is 0.472 e. The molecule has 0 bridgehead atoms. The normalized spacial score (nSPS) is 14.4. The Morgan fingerprint density at radius 2 is 1.08 bits per heavy atom. The van der Waals surface area contributed by atoms with Crippen molar-refractivity contribution in [2.45, 2.75) is 219 Å². The van der Waals surface area contributed by atoms with Crippen LogP contribution >= 0.6 is 7.82 Å². The summed E-state index contributed by atoms with van der Waals surface area (Å²) in [4.78, 5) is 22.7. The third kappa shape index (κ3) is 37.1. The molecule has 0 aliphatic heterocycles. The van der Waals surface area contributed by atoms with Gasteiger partial charge in [0.15, 0.2) is 0 Å². The van der Waals surface area contributed by atoms with Crippen molar-refractivity contribution in [1.82, 2.24) is 5.32 Å². The summed E-state index contributed by atoms with van der Waals surface area (Å²) >= 11 is 0. The monoisotopic (exact) mass is 743 g/mol. The first kappa shape index (κ1) is 50.0. The number of hydrogen-bond acceptors (Lipinski definition) is 6. The molecule has 5 N–H and O–H groups in total. The molecule has 3 unspecified atom stereocenters. The van der Waals surface area contributed by atoms with Gasteiger partial charge in [0, 0.05) is 13.0 Å². The molecule has 0 aromatic heterocycles. The number of carbonyl (C=O) groups excluding carboxylic acids is 1. The smallest absolute Gasteiger partial charge is 0.391 e. The van der Waals surface area contributed by atoms with Gasteiger partial charge in [0.2, 0.25) is 5.91 Å². The lowest BCUT2D eigenvalue weighted by Gasteiger charge is -2.25. The zero-order valence-electron chi connectivity index (χ0n) is 33.4. The molecule has 0 fully saturated rings. The van der Waals surface area contributed by atoms with E-state index in [9.17, 15) is 19.4 Å². The number of nitrogens with one attached hydrogen (secondary N) is 1. The zero-order valence-corrected chi connectivity index (χ0v) is 34.2. The molecular formula is C42H83N2O6P. The second kappa shape index (κ2) is 38.7. The van der Waals surface area contributed by atoms with Crippen LogP contribution in [0.1, 0.15) is 206 Å². The molecule has 0 aromatic carbocycles. The van der Waals surface area contributed by atoms with Gasteiger partial charge in [-0.25, -0.2) is 4.57 Å². The van der Waals surface area contributed by atoms with Crippen LogP contribution < -0.4 is 11.1 Å². The molecule has 0 aliphatic carbocycles. The first-order valence-corrected chi connectivity index (χ1v) is 22.9. The molecule has 0 heterocycles. The Labute approximate surface area is 315 Å². The molecule has 0 aliphatic rings. The van der Waals surface area contributed by atoms with Crippen LogP contribution in [0.25, 0.3) is 0 Å². The number of phosphoric ester groups is 1. The van der Waals surface area contributed by atoms with E-state index in [1.807, 2.05) is 0 Å². The van der Waals surface area contributed by atoms with Gasteiger partial charge in [-0.2, -0.15) is 0 Å². The molecule has 51 heavy (non-hydrogen) atoms. The maximum atomic E-state index is 12.8. The Bertz CT molecular complexity index is 855. The average molecular weight is 743 g/mol. The van der Waals surface area contributed by atoms with E-state index in [1.54, 1.807) is 0 Å². The molecular weight excluding hydrogens is 659 g/mol. The van der Waals surface area contributed by atoms with Crippen molar-refractivity contribution in [3.8, 4) is 0 Å². The van der Waals surface area contributed by atoms with Crippen LogP contribution in [0, 0.1) is 0 Å². The van der Waals surface area contributed by atoms with Gasteiger partial charge in [0.25, 0.3) is 0 Å². The molecule has 0 aromatic rings. The molecule has 3 atom stereocenters. The van der Waals surface area contributed by atoms with E-state index in [1.165, 1.54) is 135 Å². The molecule has 8 nitrogen and oxygen atoms in total. The van der Waals surface area contributed by atoms with Crippen LogP contribution in [0.15, 0.2) is 24.3 Å². The van der Waals surface area contributed by atoms with Crippen molar-refractivity contribution in [3.63, 3.8) is 0 Å². The van der Waals surface area contributed by atoms with E-state index >= 15 is 0 Å². The predicted molar refractivity (Wildman–Crippen MR) is 217 cm³/mol. The zero-order chi connectivity index (χ0) is 37.5. The predicted octanol–water partition coefficient (Wildman–Crippen LogP) is 11.8. The summed E-state index contributed by atoms with van der Waals surface area (Å²) in [5, 5.41) is 13.8. The van der Waals surface area contributed by atoms with E-state index in [4.69, 9.17) is 14.8 Å². The number of aliphatic hydroxyl groups excluding tert-OH is 1. The number of nitrogens with two attached hydrogens (primary N) is 1. The van der Waals surface area contributed by atoms with Gasteiger partial charge in [0.05, 0.1) is 25.4 Å². The topological polar surface area (TPSA) is 131 Å². The number of phosphoric acid groups is 1. The summed E-state index contributed by atoms with van der Waals surface area (Å²) < 4.78 is 22.2. The highest BCUT2D eigenvalue weighted by Crippen LogP contribution is 2.43. The standard InChI is InChI=1S/C42H83N2O6P/c1-3-5-7-9-11-13-15-17-18-19-20-21-22-24-26-28-30-32-34-36-42(46)44-40(39-50-51(47,48)49-38-37-43)41(45)35-33-31-29-27-25-23-16-14-12-10-8-6-4-2/h11,13,17-18,40-41,45H,3-10,12,14-16,19-39,43H2,1-2H3,(H,44,46)(H,47,48)/b13-11-,18-17-. The third-order valence-corrected chi connectivity index (χ3v) is 10.5. The van der Waals surface area contributed by atoms with E-state index in [0.717, 1.165) is 44.9 Å². The summed E-state index contributed by atoms with van der Waals surface area (Å²) in [6, 6.07) is -0.774. The van der Waals surface area contributed by atoms with Gasteiger partial charge in [-0.05, 0) is 44.9 Å². The molecule has 0 radical (unpaired) electrons. The van der Waals surface area contributed by atoms with E-state index in [0.29, 0.717) is 12.8 Å². The minimum atomic E-state index is -4.31. The van der Waals surface area contributed by atoms with Crippen molar-refractivity contribution < 1.29 is 28.4 Å². The SMILES string of the molecule is CCCCC/C=C\C/C=C\CCCCCCCCCCCC(=O)NC(COP(=O)(O)OCCN)C(O)CCCCCCCCCCCCCCC. The van der Waals surface area contributed by atoms with Gasteiger partial charge < -0.3 is 21.1 Å². The van der Waals surface area contributed by atoms with E-state index < -0.39 is 20.0 Å². The van der Waals surface area contributed by atoms with Gasteiger partial charge in [0.1, 0.15) is 0 Å². The van der Waals surface area contributed by atoms with Crippen LogP contribution in [-0.2, 0) is 18.4 Å². The molecule has 302 valence electrons. The number of carbonyl (C=O) groups is 1. The molecule has 9 heteroatoms. The minimum Gasteiger partial charge on any atom is -0.391 e. The summed E-state index contributed by atoms with van der Waals surface area (Å²) in [6.07, 6.45) is 43.2. The van der Waals surface area contributed by atoms with E-state index in [2.05, 4.69) is 43.5 Å². The Balaban J connectivity index is 4.14. The van der Waals surface area contributed by atoms with Gasteiger partial charge in [-0.1, -0.05) is 179 Å². The van der Waals surface area contributed by atoms with Gasteiger partial charge in [-0.15, -0.1) is 0 Å². The number of rotatable bonds is 40. The van der Waals surface area contributed by atoms with Crippen LogP contribution in [0.4, 0.5) is 0 Å². The molecule has 1 amide bonds. The summed E-state index contributed by atoms with van der Waals surface area (Å²) in [7, 11) is -4.31.